The topological polar surface area (TPSA) is 92.4 Å². The third-order valence-electron chi connectivity index (χ3n) is 9.57. The molecule has 4 saturated heterocycles. The van der Waals surface area contributed by atoms with E-state index >= 15 is 4.39 Å². The second-order valence-electron chi connectivity index (χ2n) is 12.5. The number of rotatable bonds is 5. The molecule has 14 heteroatoms. The van der Waals surface area contributed by atoms with E-state index in [1.807, 2.05) is 4.90 Å². The zero-order chi connectivity index (χ0) is 30.3. The van der Waals surface area contributed by atoms with E-state index in [1.165, 1.54) is 13.0 Å². The quantitative estimate of drug-likeness (QED) is 0.377. The van der Waals surface area contributed by atoms with E-state index in [2.05, 4.69) is 25.2 Å². The Bertz CT molecular complexity index is 1620. The van der Waals surface area contributed by atoms with E-state index in [-0.39, 0.29) is 45.3 Å². The van der Waals surface area contributed by atoms with Gasteiger partial charge in [0.1, 0.15) is 29.9 Å². The van der Waals surface area contributed by atoms with Crippen LogP contribution in [0.4, 0.5) is 33.6 Å². The van der Waals surface area contributed by atoms with Gasteiger partial charge < -0.3 is 20.7 Å². The molecule has 6 heterocycles. The lowest BCUT2D eigenvalue weighted by molar-refractivity contribution is -0.137. The van der Waals surface area contributed by atoms with Crippen molar-refractivity contribution in [1.29, 1.82) is 0 Å². The summed E-state index contributed by atoms with van der Waals surface area (Å²) in [6, 6.07) is 2.35. The fraction of sp³-hybridized carbons (Fsp3) is 0.552. The van der Waals surface area contributed by atoms with Crippen molar-refractivity contribution in [2.75, 3.05) is 56.5 Å². The minimum Gasteiger partial charge on any atom is -0.461 e. The summed E-state index contributed by atoms with van der Waals surface area (Å²) in [7, 11) is 0. The Labute approximate surface area is 249 Å². The average Bonchev–Trinajstić information content (AvgIpc) is 3.59. The molecular weight excluding hydrogens is 593 g/mol. The lowest BCUT2D eigenvalue weighted by Gasteiger charge is -2.39. The molecule has 0 bridgehead atoms. The van der Waals surface area contributed by atoms with Crippen LogP contribution in [0.5, 0.6) is 6.01 Å². The number of hydrogen-bond acceptors (Lipinski definition) is 8. The molecule has 1 aromatic carbocycles. The van der Waals surface area contributed by atoms with E-state index in [1.54, 1.807) is 0 Å². The highest BCUT2D eigenvalue weighted by Gasteiger charge is 2.50. The minimum atomic E-state index is -4.85. The number of ether oxygens (including phenoxy) is 1. The van der Waals surface area contributed by atoms with Gasteiger partial charge in [0.2, 0.25) is 0 Å². The number of aryl methyl sites for hydroxylation is 1. The summed E-state index contributed by atoms with van der Waals surface area (Å²) >= 11 is 6.56. The third-order valence-corrected chi connectivity index (χ3v) is 9.87. The number of benzene rings is 1. The second-order valence-corrected chi connectivity index (χ2v) is 12.9. The fourth-order valence-electron chi connectivity index (χ4n) is 7.45. The molecule has 8 nitrogen and oxygen atoms in total. The molecule has 3 N–H and O–H groups in total. The van der Waals surface area contributed by atoms with Gasteiger partial charge >= 0.3 is 12.2 Å². The number of anilines is 2. The molecule has 1 spiro atoms. The van der Waals surface area contributed by atoms with Crippen LogP contribution in [-0.2, 0) is 6.18 Å². The van der Waals surface area contributed by atoms with Crippen LogP contribution in [0, 0.1) is 18.2 Å². The molecule has 2 atom stereocenters. The third kappa shape index (κ3) is 4.74. The smallest absolute Gasteiger partial charge is 0.418 e. The molecule has 0 amide bonds. The monoisotopic (exact) mass is 623 g/mol. The maximum atomic E-state index is 16.6. The first-order valence-electron chi connectivity index (χ1n) is 14.4. The molecule has 0 aliphatic carbocycles. The lowest BCUT2D eigenvalue weighted by Crippen LogP contribution is -2.54. The number of nitrogen functional groups attached to an aromatic ring is 1. The van der Waals surface area contributed by atoms with Crippen LogP contribution in [-0.4, -0.2) is 77.4 Å². The van der Waals surface area contributed by atoms with Crippen LogP contribution < -0.4 is 20.7 Å². The molecule has 4 aliphatic heterocycles. The van der Waals surface area contributed by atoms with Gasteiger partial charge in [0.15, 0.2) is 5.82 Å². The Balaban J connectivity index is 1.37. The van der Waals surface area contributed by atoms with Gasteiger partial charge in [-0.25, -0.2) is 13.8 Å². The number of nitrogens with two attached hydrogens (primary N) is 1. The molecule has 2 aromatic heterocycles. The second kappa shape index (κ2) is 10.00. The van der Waals surface area contributed by atoms with E-state index in [4.69, 9.17) is 22.1 Å². The first-order chi connectivity index (χ1) is 20.4. The van der Waals surface area contributed by atoms with Gasteiger partial charge in [0, 0.05) is 49.9 Å². The van der Waals surface area contributed by atoms with Crippen molar-refractivity contribution in [3.63, 3.8) is 0 Å². The summed E-state index contributed by atoms with van der Waals surface area (Å²) in [6.07, 6.45) is -2.93. The molecular formula is C29H31ClF5N7O. The number of pyridine rings is 1. The number of nitrogens with zero attached hydrogens (tertiary/aromatic N) is 5. The van der Waals surface area contributed by atoms with Gasteiger partial charge in [-0.15, -0.1) is 0 Å². The number of halogens is 6. The van der Waals surface area contributed by atoms with Crippen LogP contribution >= 0.6 is 11.6 Å². The summed E-state index contributed by atoms with van der Waals surface area (Å²) in [4.78, 5) is 17.1. The first-order valence-corrected chi connectivity index (χ1v) is 14.8. The van der Waals surface area contributed by atoms with Gasteiger partial charge in [-0.1, -0.05) is 11.6 Å². The van der Waals surface area contributed by atoms with Crippen molar-refractivity contribution in [2.45, 2.75) is 50.5 Å². The summed E-state index contributed by atoms with van der Waals surface area (Å²) in [5.41, 5.74) is 2.54. The normalized spacial score (nSPS) is 25.1. The first kappa shape index (κ1) is 28.7. The van der Waals surface area contributed by atoms with Crippen LogP contribution in [0.15, 0.2) is 12.1 Å². The van der Waals surface area contributed by atoms with Gasteiger partial charge in [-0.2, -0.15) is 23.1 Å². The summed E-state index contributed by atoms with van der Waals surface area (Å²) in [5.74, 6) is -0.897. The Kier molecular flexibility index (Phi) is 6.68. The number of aromatic nitrogens is 3. The molecule has 4 aliphatic rings. The van der Waals surface area contributed by atoms with Crippen LogP contribution in [0.3, 0.4) is 0 Å². The SMILES string of the molecule is Cc1cc(N)nc(-c2c(Cl)cc3c(N4CCC5(CNC5)C4)nc(OC[C@@]45CCCN4CC(F)C5)nc3c2F)c1C(F)(F)F. The molecule has 7 rings (SSSR count). The molecule has 43 heavy (non-hydrogen) atoms. The predicted octanol–water partition coefficient (Wildman–Crippen LogP) is 5.15. The fourth-order valence-corrected chi connectivity index (χ4v) is 7.73. The van der Waals surface area contributed by atoms with Crippen LogP contribution in [0.2, 0.25) is 5.02 Å². The van der Waals surface area contributed by atoms with E-state index < -0.39 is 40.5 Å². The summed E-state index contributed by atoms with van der Waals surface area (Å²) in [6.45, 7) is 5.44. The van der Waals surface area contributed by atoms with E-state index in [0.29, 0.717) is 31.9 Å². The molecule has 4 fully saturated rings. The summed E-state index contributed by atoms with van der Waals surface area (Å²) in [5, 5.41) is 3.28. The largest absolute Gasteiger partial charge is 0.461 e. The van der Waals surface area contributed by atoms with Crippen molar-refractivity contribution < 1.29 is 26.7 Å². The van der Waals surface area contributed by atoms with Crippen molar-refractivity contribution in [3.05, 3.63) is 34.1 Å². The van der Waals surface area contributed by atoms with E-state index in [9.17, 15) is 17.6 Å². The molecule has 3 aromatic rings. The zero-order valence-corrected chi connectivity index (χ0v) is 24.3. The molecule has 0 saturated carbocycles. The van der Waals surface area contributed by atoms with Crippen LogP contribution in [0.1, 0.15) is 36.8 Å². The Morgan fingerprint density at radius 3 is 2.65 bits per heavy atom. The van der Waals surface area contributed by atoms with Gasteiger partial charge in [-0.3, -0.25) is 4.90 Å². The molecule has 0 radical (unpaired) electrons. The summed E-state index contributed by atoms with van der Waals surface area (Å²) < 4.78 is 79.6. The Morgan fingerprint density at radius 2 is 1.95 bits per heavy atom. The van der Waals surface area contributed by atoms with Crippen LogP contribution in [0.25, 0.3) is 22.2 Å². The highest BCUT2D eigenvalue weighted by molar-refractivity contribution is 6.34. The Morgan fingerprint density at radius 1 is 1.16 bits per heavy atom. The number of alkyl halides is 4. The zero-order valence-electron chi connectivity index (χ0n) is 23.5. The van der Waals surface area contributed by atoms with E-state index in [0.717, 1.165) is 45.0 Å². The van der Waals surface area contributed by atoms with Crippen molar-refractivity contribution in [3.8, 4) is 17.3 Å². The highest BCUT2D eigenvalue weighted by atomic mass is 35.5. The highest BCUT2D eigenvalue weighted by Crippen LogP contribution is 2.46. The number of fused-ring (bicyclic) bond motifs is 2. The number of nitrogens with one attached hydrogen (secondary N) is 1. The Hall–Kier alpha value is -3.03. The predicted molar refractivity (Wildman–Crippen MR) is 153 cm³/mol. The van der Waals surface area contributed by atoms with Gasteiger partial charge in [0.05, 0.1) is 27.4 Å². The molecule has 1 unspecified atom stereocenters. The minimum absolute atomic E-state index is 0.0640. The maximum Gasteiger partial charge on any atom is 0.418 e. The van der Waals surface area contributed by atoms with Gasteiger partial charge in [-0.05, 0) is 50.4 Å². The standard InChI is InChI=1S/C29H31ClF5N7O/c1-15-7-19(36)38-24(21(15)29(33,34)35)20-18(30)8-17-23(22(20)32)39-26(40-25(17)41-6-4-27(13-41)11-37-12-27)43-14-28-3-2-5-42(28)10-16(31)9-28/h7-8,16,37H,2-6,9-14H2,1H3,(H2,36,38)/t16?,28-/m0/s1. The molecule has 230 valence electrons. The average molecular weight is 624 g/mol. The number of hydrogen-bond donors (Lipinski definition) is 2. The van der Waals surface area contributed by atoms with Crippen molar-refractivity contribution >= 4 is 34.1 Å². The lowest BCUT2D eigenvalue weighted by atomic mass is 9.81. The van der Waals surface area contributed by atoms with Crippen molar-refractivity contribution in [1.82, 2.24) is 25.2 Å². The van der Waals surface area contributed by atoms with Gasteiger partial charge in [0.25, 0.3) is 0 Å². The maximum absolute atomic E-state index is 16.6. The van der Waals surface area contributed by atoms with Crippen molar-refractivity contribution in [2.24, 2.45) is 5.41 Å².